The van der Waals surface area contributed by atoms with E-state index < -0.39 is 0 Å². The van der Waals surface area contributed by atoms with Crippen LogP contribution in [0.5, 0.6) is 5.75 Å². The van der Waals surface area contributed by atoms with E-state index in [0.29, 0.717) is 0 Å². The van der Waals surface area contributed by atoms with Gasteiger partial charge < -0.3 is 4.74 Å². The van der Waals surface area contributed by atoms with E-state index in [1.165, 1.54) is 11.3 Å². The summed E-state index contributed by atoms with van der Waals surface area (Å²) in [6.45, 7) is 0. The third kappa shape index (κ3) is 2.82. The zero-order valence-corrected chi connectivity index (χ0v) is 10.2. The molecule has 0 saturated heterocycles. The summed E-state index contributed by atoms with van der Waals surface area (Å²) in [6, 6.07) is 11.3. The number of para-hydroxylation sites is 1. The Bertz CT molecular complexity index is 527. The first-order valence-electron chi connectivity index (χ1n) is 5.20. The van der Waals surface area contributed by atoms with Crippen LogP contribution in [0.2, 0.25) is 0 Å². The van der Waals surface area contributed by atoms with Crippen molar-refractivity contribution in [2.45, 2.75) is 0 Å². The lowest BCUT2D eigenvalue weighted by Crippen LogP contribution is -1.90. The smallest absolute Gasteiger partial charge is 0.195 e. The molecule has 3 heteroatoms. The molecule has 0 spiro atoms. The molecular weight excluding hydrogens is 232 g/mol. The second-order valence-electron chi connectivity index (χ2n) is 3.42. The van der Waals surface area contributed by atoms with Crippen molar-refractivity contribution in [2.24, 2.45) is 0 Å². The number of benzene rings is 1. The van der Waals surface area contributed by atoms with E-state index in [4.69, 9.17) is 4.74 Å². The maximum absolute atomic E-state index is 11.8. The molecule has 0 fully saturated rings. The number of ether oxygens (including phenoxy) is 1. The van der Waals surface area contributed by atoms with Gasteiger partial charge in [-0.05, 0) is 29.7 Å². The van der Waals surface area contributed by atoms with Gasteiger partial charge in [-0.1, -0.05) is 24.3 Å². The van der Waals surface area contributed by atoms with Crippen molar-refractivity contribution in [3.8, 4) is 5.75 Å². The molecule has 1 heterocycles. The van der Waals surface area contributed by atoms with Crippen molar-refractivity contribution >= 4 is 23.2 Å². The molecule has 0 aliphatic rings. The van der Waals surface area contributed by atoms with E-state index in [1.807, 2.05) is 41.8 Å². The number of rotatable bonds is 4. The van der Waals surface area contributed by atoms with Gasteiger partial charge in [-0.3, -0.25) is 4.79 Å². The minimum Gasteiger partial charge on any atom is -0.496 e. The second kappa shape index (κ2) is 5.46. The summed E-state index contributed by atoms with van der Waals surface area (Å²) in [5, 5.41) is 1.89. The molecular formula is C14H12O2S. The Morgan fingerprint density at radius 1 is 1.24 bits per heavy atom. The number of methoxy groups -OCH3 is 1. The summed E-state index contributed by atoms with van der Waals surface area (Å²) in [4.78, 5) is 12.5. The molecule has 0 atom stereocenters. The molecule has 17 heavy (non-hydrogen) atoms. The Balaban J connectivity index is 2.18. The minimum atomic E-state index is 0.0194. The van der Waals surface area contributed by atoms with Crippen LogP contribution in [0.3, 0.4) is 0 Å². The predicted molar refractivity (Wildman–Crippen MR) is 70.7 cm³/mol. The van der Waals surface area contributed by atoms with Gasteiger partial charge >= 0.3 is 0 Å². The van der Waals surface area contributed by atoms with Crippen LogP contribution in [0.4, 0.5) is 0 Å². The van der Waals surface area contributed by atoms with Gasteiger partial charge in [0.2, 0.25) is 0 Å². The molecule has 0 bridgehead atoms. The Morgan fingerprint density at radius 2 is 2.06 bits per heavy atom. The summed E-state index contributed by atoms with van der Waals surface area (Å²) in [7, 11) is 1.62. The maximum Gasteiger partial charge on any atom is 0.195 e. The van der Waals surface area contributed by atoms with Crippen molar-refractivity contribution in [2.75, 3.05) is 7.11 Å². The molecule has 2 rings (SSSR count). The lowest BCUT2D eigenvalue weighted by atomic mass is 10.1. The minimum absolute atomic E-state index is 0.0194. The van der Waals surface area contributed by atoms with Gasteiger partial charge in [-0.15, -0.1) is 11.3 Å². The molecule has 0 saturated carbocycles. The Hall–Kier alpha value is -1.87. The highest BCUT2D eigenvalue weighted by Gasteiger charge is 2.02. The van der Waals surface area contributed by atoms with Crippen LogP contribution >= 0.6 is 11.3 Å². The maximum atomic E-state index is 11.8. The Kier molecular flexibility index (Phi) is 3.73. The fourth-order valence-electron chi connectivity index (χ4n) is 1.47. The van der Waals surface area contributed by atoms with E-state index >= 15 is 0 Å². The number of carbonyl (C=O) groups excluding carboxylic acids is 1. The number of hydrogen-bond donors (Lipinski definition) is 0. The first kappa shape index (κ1) is 11.6. The molecule has 0 unspecified atom stereocenters. The lowest BCUT2D eigenvalue weighted by Gasteiger charge is -2.02. The van der Waals surface area contributed by atoms with Crippen molar-refractivity contribution in [1.29, 1.82) is 0 Å². The second-order valence-corrected chi connectivity index (χ2v) is 4.36. The van der Waals surface area contributed by atoms with Crippen molar-refractivity contribution < 1.29 is 9.53 Å². The lowest BCUT2D eigenvalue weighted by molar-refractivity contribution is 0.105. The van der Waals surface area contributed by atoms with E-state index in [2.05, 4.69) is 0 Å². The Morgan fingerprint density at radius 3 is 2.76 bits per heavy atom. The van der Waals surface area contributed by atoms with Gasteiger partial charge in [0.1, 0.15) is 5.75 Å². The molecule has 0 radical (unpaired) electrons. The molecule has 1 aromatic carbocycles. The zero-order chi connectivity index (χ0) is 12.1. The fourth-order valence-corrected chi connectivity index (χ4v) is 2.12. The van der Waals surface area contributed by atoms with Gasteiger partial charge in [-0.25, -0.2) is 0 Å². The quantitative estimate of drug-likeness (QED) is 0.606. The average molecular weight is 244 g/mol. The van der Waals surface area contributed by atoms with Crippen LogP contribution in [0, 0.1) is 0 Å². The molecule has 0 amide bonds. The number of ketones is 1. The highest BCUT2D eigenvalue weighted by molar-refractivity contribution is 7.12. The van der Waals surface area contributed by atoms with E-state index in [9.17, 15) is 4.79 Å². The number of hydrogen-bond acceptors (Lipinski definition) is 3. The molecule has 0 aliphatic carbocycles. The molecule has 0 N–H and O–H groups in total. The van der Waals surface area contributed by atoms with Crippen molar-refractivity contribution in [3.63, 3.8) is 0 Å². The van der Waals surface area contributed by atoms with E-state index in [0.717, 1.165) is 16.2 Å². The normalized spacial score (nSPS) is 10.6. The molecule has 2 nitrogen and oxygen atoms in total. The molecule has 86 valence electrons. The van der Waals surface area contributed by atoms with Crippen molar-refractivity contribution in [3.05, 3.63) is 58.3 Å². The SMILES string of the molecule is COc1ccccc1C=CC(=O)c1cccs1. The fraction of sp³-hybridized carbons (Fsp3) is 0.0714. The predicted octanol–water partition coefficient (Wildman–Crippen LogP) is 3.65. The first-order chi connectivity index (χ1) is 8.31. The summed E-state index contributed by atoms with van der Waals surface area (Å²) in [5.41, 5.74) is 0.903. The standard InChI is InChI=1S/C14H12O2S/c1-16-13-6-3-2-5-11(13)8-9-12(15)14-7-4-10-17-14/h2-10H,1H3. The third-order valence-corrected chi connectivity index (χ3v) is 3.20. The summed E-state index contributed by atoms with van der Waals surface area (Å²) in [6.07, 6.45) is 3.35. The topological polar surface area (TPSA) is 26.3 Å². The summed E-state index contributed by atoms with van der Waals surface area (Å²) < 4.78 is 5.21. The monoisotopic (exact) mass is 244 g/mol. The highest BCUT2D eigenvalue weighted by Crippen LogP contribution is 2.19. The van der Waals surface area contributed by atoms with Crippen LogP contribution in [0.25, 0.3) is 6.08 Å². The van der Waals surface area contributed by atoms with Gasteiger partial charge in [0.25, 0.3) is 0 Å². The zero-order valence-electron chi connectivity index (χ0n) is 9.42. The Labute approximate surface area is 104 Å². The van der Waals surface area contributed by atoms with Crippen LogP contribution < -0.4 is 4.74 Å². The average Bonchev–Trinajstić information content (AvgIpc) is 2.90. The number of thiophene rings is 1. The van der Waals surface area contributed by atoms with E-state index in [-0.39, 0.29) is 5.78 Å². The first-order valence-corrected chi connectivity index (χ1v) is 6.08. The highest BCUT2D eigenvalue weighted by atomic mass is 32.1. The van der Waals surface area contributed by atoms with E-state index in [1.54, 1.807) is 19.3 Å². The van der Waals surface area contributed by atoms with Crippen LogP contribution in [0.1, 0.15) is 15.2 Å². The van der Waals surface area contributed by atoms with Crippen LogP contribution in [0.15, 0.2) is 47.9 Å². The number of carbonyl (C=O) groups is 1. The van der Waals surface area contributed by atoms with Crippen LogP contribution in [-0.4, -0.2) is 12.9 Å². The third-order valence-electron chi connectivity index (χ3n) is 2.32. The molecule has 2 aromatic rings. The van der Waals surface area contributed by atoms with Gasteiger partial charge in [0.05, 0.1) is 12.0 Å². The largest absolute Gasteiger partial charge is 0.496 e. The number of allylic oxidation sites excluding steroid dienone is 1. The molecule has 1 aromatic heterocycles. The van der Waals surface area contributed by atoms with Crippen LogP contribution in [-0.2, 0) is 0 Å². The molecule has 0 aliphatic heterocycles. The van der Waals surface area contributed by atoms with Crippen molar-refractivity contribution in [1.82, 2.24) is 0 Å². The van der Waals surface area contributed by atoms with Gasteiger partial charge in [0, 0.05) is 5.56 Å². The van der Waals surface area contributed by atoms with Gasteiger partial charge in [0.15, 0.2) is 5.78 Å². The summed E-state index contributed by atoms with van der Waals surface area (Å²) in [5.74, 6) is 0.786. The van der Waals surface area contributed by atoms with Gasteiger partial charge in [-0.2, -0.15) is 0 Å². The summed E-state index contributed by atoms with van der Waals surface area (Å²) >= 11 is 1.44.